The van der Waals surface area contributed by atoms with E-state index in [1.165, 1.54) is 28.3 Å². The molecule has 0 fully saturated rings. The van der Waals surface area contributed by atoms with Crippen LogP contribution in [-0.4, -0.2) is 45.0 Å². The topological polar surface area (TPSA) is 103 Å². The quantitative estimate of drug-likeness (QED) is 0.443. The van der Waals surface area contributed by atoms with Crippen molar-refractivity contribution < 1.29 is 28.6 Å². The number of amides is 1. The van der Waals surface area contributed by atoms with Crippen molar-refractivity contribution in [2.24, 2.45) is 0 Å². The molecule has 0 saturated heterocycles. The number of ether oxygens (including phenoxy) is 3. The van der Waals surface area contributed by atoms with Gasteiger partial charge in [0.2, 0.25) is 5.91 Å². The van der Waals surface area contributed by atoms with Gasteiger partial charge in [0.25, 0.3) is 0 Å². The average molecular weight is 428 g/mol. The maximum absolute atomic E-state index is 12.7. The third-order valence-corrected chi connectivity index (χ3v) is 4.81. The summed E-state index contributed by atoms with van der Waals surface area (Å²) < 4.78 is 15.4. The zero-order valence-electron chi connectivity index (χ0n) is 18.4. The highest BCUT2D eigenvalue weighted by Gasteiger charge is 2.23. The Labute approximate surface area is 181 Å². The predicted molar refractivity (Wildman–Crippen MR) is 117 cm³/mol. The van der Waals surface area contributed by atoms with Crippen LogP contribution in [0.1, 0.15) is 42.2 Å². The van der Waals surface area contributed by atoms with Gasteiger partial charge in [-0.15, -0.1) is 0 Å². The van der Waals surface area contributed by atoms with Crippen LogP contribution < -0.4 is 20.1 Å². The number of nitrogens with one attached hydrogen (secondary N) is 2. The highest BCUT2D eigenvalue weighted by atomic mass is 16.5. The van der Waals surface area contributed by atoms with E-state index in [-0.39, 0.29) is 18.1 Å². The van der Waals surface area contributed by atoms with E-state index in [2.05, 4.69) is 10.6 Å². The van der Waals surface area contributed by atoms with Crippen molar-refractivity contribution in [3.8, 4) is 11.5 Å². The lowest BCUT2D eigenvalue weighted by atomic mass is 10.0. The van der Waals surface area contributed by atoms with Crippen LogP contribution in [0.4, 0.5) is 5.69 Å². The minimum atomic E-state index is -0.629. The number of Topliss-reactive ketones (excluding diaryl/α,β-unsaturated/α-hetero) is 1. The number of carbonyl (C=O) groups excluding carboxylic acids is 3. The molecule has 2 rings (SSSR count). The molecule has 2 aromatic rings. The van der Waals surface area contributed by atoms with E-state index in [9.17, 15) is 14.4 Å². The summed E-state index contributed by atoms with van der Waals surface area (Å²) in [7, 11) is 4.38. The second-order valence-electron chi connectivity index (χ2n) is 6.96. The van der Waals surface area contributed by atoms with Gasteiger partial charge in [-0.3, -0.25) is 19.7 Å². The maximum Gasteiger partial charge on any atom is 0.307 e. The summed E-state index contributed by atoms with van der Waals surface area (Å²) >= 11 is 0. The van der Waals surface area contributed by atoms with Crippen molar-refractivity contribution in [3.63, 3.8) is 0 Å². The van der Waals surface area contributed by atoms with Gasteiger partial charge in [-0.05, 0) is 55.8 Å². The van der Waals surface area contributed by atoms with Crippen LogP contribution in [0.3, 0.4) is 0 Å². The van der Waals surface area contributed by atoms with Gasteiger partial charge in [0.15, 0.2) is 17.3 Å². The molecule has 1 amide bonds. The molecule has 31 heavy (non-hydrogen) atoms. The first-order valence-electron chi connectivity index (χ1n) is 9.75. The molecule has 0 spiro atoms. The molecule has 0 saturated carbocycles. The number of hydrogen-bond acceptors (Lipinski definition) is 7. The molecule has 0 bridgehead atoms. The smallest absolute Gasteiger partial charge is 0.307 e. The summed E-state index contributed by atoms with van der Waals surface area (Å²) in [6, 6.07) is 10.8. The van der Waals surface area contributed by atoms with Gasteiger partial charge in [-0.25, -0.2) is 0 Å². The largest absolute Gasteiger partial charge is 0.493 e. The van der Waals surface area contributed by atoms with Crippen LogP contribution in [0.25, 0.3) is 0 Å². The number of methoxy groups -OCH3 is 3. The SMILES string of the molecule is COC(=O)C[C@@H](N[C@@H](C)C(=O)Nc1ccc(C(C)=O)cc1)c1ccc(OC)c(OC)c1. The highest BCUT2D eigenvalue weighted by Crippen LogP contribution is 2.31. The first kappa shape index (κ1) is 23.9. The molecule has 166 valence electrons. The van der Waals surface area contributed by atoms with E-state index in [4.69, 9.17) is 14.2 Å². The van der Waals surface area contributed by atoms with Crippen molar-refractivity contribution in [1.29, 1.82) is 0 Å². The van der Waals surface area contributed by atoms with Crippen LogP contribution in [0, 0.1) is 0 Å². The predicted octanol–water partition coefficient (Wildman–Crippen LogP) is 3.13. The van der Waals surface area contributed by atoms with Crippen molar-refractivity contribution in [2.45, 2.75) is 32.4 Å². The number of benzene rings is 2. The van der Waals surface area contributed by atoms with Gasteiger partial charge in [0, 0.05) is 17.3 Å². The second kappa shape index (κ2) is 11.1. The third-order valence-electron chi connectivity index (χ3n) is 4.81. The summed E-state index contributed by atoms with van der Waals surface area (Å²) in [5.74, 6) is 0.321. The third kappa shape index (κ3) is 6.55. The monoisotopic (exact) mass is 428 g/mol. The zero-order chi connectivity index (χ0) is 23.0. The molecule has 0 aliphatic carbocycles. The number of rotatable bonds is 10. The molecule has 0 aromatic heterocycles. The van der Waals surface area contributed by atoms with Crippen molar-refractivity contribution in [1.82, 2.24) is 5.32 Å². The summed E-state index contributed by atoms with van der Waals surface area (Å²) in [4.78, 5) is 36.0. The van der Waals surface area contributed by atoms with E-state index < -0.39 is 18.1 Å². The fourth-order valence-corrected chi connectivity index (χ4v) is 3.01. The molecule has 8 nitrogen and oxygen atoms in total. The molecule has 0 aliphatic heterocycles. The Bertz CT molecular complexity index is 926. The zero-order valence-corrected chi connectivity index (χ0v) is 18.4. The van der Waals surface area contributed by atoms with Gasteiger partial charge < -0.3 is 19.5 Å². The minimum Gasteiger partial charge on any atom is -0.493 e. The van der Waals surface area contributed by atoms with E-state index >= 15 is 0 Å². The second-order valence-corrected chi connectivity index (χ2v) is 6.96. The molecule has 0 unspecified atom stereocenters. The molecule has 2 aromatic carbocycles. The fraction of sp³-hybridized carbons (Fsp3) is 0.348. The lowest BCUT2D eigenvalue weighted by molar-refractivity contribution is -0.141. The maximum atomic E-state index is 12.7. The van der Waals surface area contributed by atoms with E-state index in [1.54, 1.807) is 49.4 Å². The molecular weight excluding hydrogens is 400 g/mol. The fourth-order valence-electron chi connectivity index (χ4n) is 3.01. The summed E-state index contributed by atoms with van der Waals surface area (Å²) in [5.41, 5.74) is 1.88. The molecule has 2 atom stereocenters. The molecule has 0 aliphatic rings. The summed E-state index contributed by atoms with van der Waals surface area (Å²) in [5, 5.41) is 5.97. The van der Waals surface area contributed by atoms with Crippen LogP contribution in [0.2, 0.25) is 0 Å². The van der Waals surface area contributed by atoms with Crippen molar-refractivity contribution >= 4 is 23.3 Å². The first-order valence-corrected chi connectivity index (χ1v) is 9.75. The number of anilines is 1. The molecule has 0 radical (unpaired) electrons. The molecule has 8 heteroatoms. The lowest BCUT2D eigenvalue weighted by Gasteiger charge is -2.23. The van der Waals surface area contributed by atoms with Gasteiger partial charge in [0.1, 0.15) is 0 Å². The number of ketones is 1. The summed E-state index contributed by atoms with van der Waals surface area (Å²) in [6.45, 7) is 3.18. The molecule has 0 heterocycles. The van der Waals surface area contributed by atoms with E-state index in [0.717, 1.165) is 5.56 Å². The average Bonchev–Trinajstić information content (AvgIpc) is 2.78. The van der Waals surface area contributed by atoms with E-state index in [1.807, 2.05) is 0 Å². The summed E-state index contributed by atoms with van der Waals surface area (Å²) in [6.07, 6.45) is 0.0247. The normalized spacial score (nSPS) is 12.4. The number of hydrogen-bond donors (Lipinski definition) is 2. The van der Waals surface area contributed by atoms with Crippen LogP contribution in [0.5, 0.6) is 11.5 Å². The minimum absolute atomic E-state index is 0.0247. The number of esters is 1. The van der Waals surface area contributed by atoms with Gasteiger partial charge in [-0.2, -0.15) is 0 Å². The Hall–Kier alpha value is -3.39. The number of carbonyl (C=O) groups is 3. The van der Waals surface area contributed by atoms with Crippen LogP contribution in [0.15, 0.2) is 42.5 Å². The lowest BCUT2D eigenvalue weighted by Crippen LogP contribution is -2.41. The molecule has 2 N–H and O–H groups in total. The Morgan fingerprint density at radius 1 is 0.935 bits per heavy atom. The molecular formula is C23H28N2O6. The Balaban J connectivity index is 2.16. The van der Waals surface area contributed by atoms with Crippen LogP contribution in [-0.2, 0) is 14.3 Å². The van der Waals surface area contributed by atoms with Crippen molar-refractivity contribution in [3.05, 3.63) is 53.6 Å². The van der Waals surface area contributed by atoms with Crippen LogP contribution >= 0.6 is 0 Å². The van der Waals surface area contributed by atoms with Gasteiger partial charge >= 0.3 is 5.97 Å². The highest BCUT2D eigenvalue weighted by molar-refractivity contribution is 5.97. The van der Waals surface area contributed by atoms with Crippen molar-refractivity contribution in [2.75, 3.05) is 26.6 Å². The Kier molecular flexibility index (Phi) is 8.57. The first-order chi connectivity index (χ1) is 14.8. The standard InChI is InChI=1S/C23H28N2O6/c1-14(23(28)25-18-9-6-16(7-10-18)15(2)26)24-19(13-22(27)31-5)17-8-11-20(29-3)21(12-17)30-4/h6-12,14,19,24H,13H2,1-5H3,(H,25,28)/t14-,19+/m0/s1. The Morgan fingerprint density at radius 2 is 1.58 bits per heavy atom. The van der Waals surface area contributed by atoms with Gasteiger partial charge in [-0.1, -0.05) is 6.07 Å². The Morgan fingerprint density at radius 3 is 2.13 bits per heavy atom. The van der Waals surface area contributed by atoms with Gasteiger partial charge in [0.05, 0.1) is 33.8 Å². The van der Waals surface area contributed by atoms with E-state index in [0.29, 0.717) is 22.7 Å².